The summed E-state index contributed by atoms with van der Waals surface area (Å²) in [6, 6.07) is 8.99. The lowest BCUT2D eigenvalue weighted by Gasteiger charge is -2.28. The van der Waals surface area contributed by atoms with Gasteiger partial charge >= 0.3 is 0 Å². The second kappa shape index (κ2) is 6.77. The zero-order chi connectivity index (χ0) is 15.5. The van der Waals surface area contributed by atoms with Crippen molar-refractivity contribution in [2.75, 3.05) is 39.9 Å². The number of ether oxygens (including phenoxy) is 1. The largest absolute Gasteiger partial charge is 0.390 e. The minimum Gasteiger partial charge on any atom is -0.390 e. The van der Waals surface area contributed by atoms with Gasteiger partial charge in [-0.05, 0) is 24.0 Å². The molecule has 2 aliphatic rings. The van der Waals surface area contributed by atoms with Crippen molar-refractivity contribution in [3.05, 3.63) is 35.4 Å². The maximum atomic E-state index is 12.0. The quantitative estimate of drug-likeness (QED) is 0.873. The molecule has 1 heterocycles. The molecule has 0 aromatic heterocycles. The lowest BCUT2D eigenvalue weighted by atomic mass is 10.1. The molecule has 1 fully saturated rings. The van der Waals surface area contributed by atoms with Crippen LogP contribution in [-0.4, -0.2) is 72.9 Å². The Kier molecular flexibility index (Phi) is 4.76. The lowest BCUT2D eigenvalue weighted by molar-refractivity contribution is -0.136. The molecule has 3 rings (SSSR count). The molecule has 1 aromatic carbocycles. The first-order valence-corrected chi connectivity index (χ1v) is 7.93. The van der Waals surface area contributed by atoms with Gasteiger partial charge in [0.25, 0.3) is 0 Å². The molecular weight excluding hydrogens is 280 g/mol. The van der Waals surface area contributed by atoms with Gasteiger partial charge in [-0.25, -0.2) is 0 Å². The number of aliphatic hydroxyl groups excluding tert-OH is 1. The first-order valence-electron chi connectivity index (χ1n) is 7.93. The topological polar surface area (TPSA) is 53.0 Å². The van der Waals surface area contributed by atoms with Crippen LogP contribution in [0.4, 0.5) is 0 Å². The Morgan fingerprint density at radius 3 is 2.55 bits per heavy atom. The van der Waals surface area contributed by atoms with Gasteiger partial charge in [0, 0.05) is 39.3 Å². The van der Waals surface area contributed by atoms with E-state index in [0.29, 0.717) is 25.7 Å². The molecule has 1 aromatic rings. The zero-order valence-corrected chi connectivity index (χ0v) is 13.1. The molecule has 1 amide bonds. The van der Waals surface area contributed by atoms with Crippen molar-refractivity contribution in [2.45, 2.75) is 25.0 Å². The number of nitrogens with zero attached hydrogens (tertiary/aromatic N) is 2. The van der Waals surface area contributed by atoms with Gasteiger partial charge in [-0.3, -0.25) is 9.69 Å². The van der Waals surface area contributed by atoms with Crippen LogP contribution in [0, 0.1) is 0 Å². The van der Waals surface area contributed by atoms with Gasteiger partial charge in [0.05, 0.1) is 6.10 Å². The van der Waals surface area contributed by atoms with Gasteiger partial charge in [0.2, 0.25) is 5.91 Å². The van der Waals surface area contributed by atoms with E-state index in [2.05, 4.69) is 29.2 Å². The summed E-state index contributed by atoms with van der Waals surface area (Å²) in [6.45, 7) is 2.59. The SMILES string of the molecule is COCC(=O)N1CCN(C2Cc3ccccc3C2)C[C@H](O)C1. The number of rotatable bonds is 3. The molecule has 1 saturated heterocycles. The third-order valence-corrected chi connectivity index (χ3v) is 4.70. The molecule has 0 saturated carbocycles. The van der Waals surface area contributed by atoms with E-state index in [-0.39, 0.29) is 12.5 Å². The molecule has 5 heteroatoms. The molecule has 0 radical (unpaired) electrons. The Bertz CT molecular complexity index is 509. The number of aliphatic hydroxyl groups is 1. The third-order valence-electron chi connectivity index (χ3n) is 4.70. The molecule has 1 aliphatic heterocycles. The smallest absolute Gasteiger partial charge is 0.248 e. The van der Waals surface area contributed by atoms with Crippen molar-refractivity contribution in [3.63, 3.8) is 0 Å². The van der Waals surface area contributed by atoms with Crippen LogP contribution in [0.5, 0.6) is 0 Å². The van der Waals surface area contributed by atoms with Crippen LogP contribution >= 0.6 is 0 Å². The summed E-state index contributed by atoms with van der Waals surface area (Å²) in [5.41, 5.74) is 2.83. The second-order valence-electron chi connectivity index (χ2n) is 6.25. The van der Waals surface area contributed by atoms with Crippen LogP contribution < -0.4 is 0 Å². The maximum Gasteiger partial charge on any atom is 0.248 e. The fourth-order valence-electron chi connectivity index (χ4n) is 3.58. The van der Waals surface area contributed by atoms with Crippen LogP contribution in [0.3, 0.4) is 0 Å². The monoisotopic (exact) mass is 304 g/mol. The minimum atomic E-state index is -0.494. The fraction of sp³-hybridized carbons (Fsp3) is 0.588. The number of hydrogen-bond donors (Lipinski definition) is 1. The maximum absolute atomic E-state index is 12.0. The average Bonchev–Trinajstić information content (AvgIpc) is 2.84. The lowest BCUT2D eigenvalue weighted by Crippen LogP contribution is -2.41. The molecular formula is C17H24N2O3. The van der Waals surface area contributed by atoms with Crippen molar-refractivity contribution in [1.29, 1.82) is 0 Å². The van der Waals surface area contributed by atoms with E-state index in [9.17, 15) is 9.90 Å². The number of amides is 1. The highest BCUT2D eigenvalue weighted by Gasteiger charge is 2.31. The van der Waals surface area contributed by atoms with E-state index in [0.717, 1.165) is 19.4 Å². The Morgan fingerprint density at radius 1 is 1.23 bits per heavy atom. The summed E-state index contributed by atoms with van der Waals surface area (Å²) in [4.78, 5) is 16.0. The zero-order valence-electron chi connectivity index (χ0n) is 13.1. The highest BCUT2D eigenvalue weighted by Crippen LogP contribution is 2.26. The summed E-state index contributed by atoms with van der Waals surface area (Å²) < 4.78 is 4.92. The number of benzene rings is 1. The van der Waals surface area contributed by atoms with Crippen LogP contribution in [-0.2, 0) is 22.4 Å². The number of methoxy groups -OCH3 is 1. The van der Waals surface area contributed by atoms with E-state index in [1.165, 1.54) is 18.2 Å². The van der Waals surface area contributed by atoms with Crippen molar-refractivity contribution < 1.29 is 14.6 Å². The van der Waals surface area contributed by atoms with Gasteiger partial charge in [0.15, 0.2) is 0 Å². The molecule has 5 nitrogen and oxygen atoms in total. The number of fused-ring (bicyclic) bond motifs is 1. The van der Waals surface area contributed by atoms with Crippen LogP contribution in [0.1, 0.15) is 11.1 Å². The third kappa shape index (κ3) is 3.32. The molecule has 1 atom stereocenters. The summed E-state index contributed by atoms with van der Waals surface area (Å²) in [7, 11) is 1.52. The second-order valence-corrected chi connectivity index (χ2v) is 6.25. The Balaban J connectivity index is 1.63. The summed E-state index contributed by atoms with van der Waals surface area (Å²) in [5, 5.41) is 10.2. The van der Waals surface area contributed by atoms with E-state index < -0.39 is 6.10 Å². The van der Waals surface area contributed by atoms with Crippen LogP contribution in [0.25, 0.3) is 0 Å². The van der Waals surface area contributed by atoms with Crippen LogP contribution in [0.15, 0.2) is 24.3 Å². The number of carbonyl (C=O) groups excluding carboxylic acids is 1. The van der Waals surface area contributed by atoms with Gasteiger partial charge < -0.3 is 14.7 Å². The van der Waals surface area contributed by atoms with Gasteiger partial charge in [-0.15, -0.1) is 0 Å². The summed E-state index contributed by atoms with van der Waals surface area (Å²) >= 11 is 0. The highest BCUT2D eigenvalue weighted by atomic mass is 16.5. The molecule has 22 heavy (non-hydrogen) atoms. The molecule has 0 unspecified atom stereocenters. The molecule has 120 valence electrons. The first kappa shape index (κ1) is 15.5. The Hall–Kier alpha value is -1.43. The normalized spacial score (nSPS) is 23.4. The number of hydrogen-bond acceptors (Lipinski definition) is 4. The van der Waals surface area contributed by atoms with Crippen molar-refractivity contribution in [2.24, 2.45) is 0 Å². The van der Waals surface area contributed by atoms with E-state index in [4.69, 9.17) is 4.74 Å². The first-order chi connectivity index (χ1) is 10.7. The molecule has 0 bridgehead atoms. The van der Waals surface area contributed by atoms with E-state index in [1.54, 1.807) is 4.90 Å². The van der Waals surface area contributed by atoms with E-state index in [1.807, 2.05) is 0 Å². The highest BCUT2D eigenvalue weighted by molar-refractivity contribution is 5.77. The summed E-state index contributed by atoms with van der Waals surface area (Å²) in [6.07, 6.45) is 1.58. The Morgan fingerprint density at radius 2 is 1.91 bits per heavy atom. The fourth-order valence-corrected chi connectivity index (χ4v) is 3.58. The Labute approximate surface area is 131 Å². The number of carbonyl (C=O) groups is 1. The average molecular weight is 304 g/mol. The molecule has 1 N–H and O–H groups in total. The van der Waals surface area contributed by atoms with Crippen molar-refractivity contribution in [3.8, 4) is 0 Å². The van der Waals surface area contributed by atoms with E-state index >= 15 is 0 Å². The predicted octanol–water partition coefficient (Wildman–Crippen LogP) is 0.305. The van der Waals surface area contributed by atoms with Gasteiger partial charge in [-0.2, -0.15) is 0 Å². The van der Waals surface area contributed by atoms with Crippen molar-refractivity contribution >= 4 is 5.91 Å². The van der Waals surface area contributed by atoms with Gasteiger partial charge in [0.1, 0.15) is 6.61 Å². The van der Waals surface area contributed by atoms with Crippen molar-refractivity contribution in [1.82, 2.24) is 9.80 Å². The predicted molar refractivity (Wildman–Crippen MR) is 83.7 cm³/mol. The number of β-amino-alcohol motifs (C(OH)–C–C–N with tert-alkyl or cyclic N) is 1. The standard InChI is InChI=1S/C17H24N2O3/c1-22-12-17(21)19-7-6-18(10-16(20)11-19)15-8-13-4-2-3-5-14(13)9-15/h2-5,15-16,20H,6-12H2,1H3/t16-/m0/s1. The molecule has 0 spiro atoms. The van der Waals surface area contributed by atoms with Gasteiger partial charge in [-0.1, -0.05) is 24.3 Å². The summed E-state index contributed by atoms with van der Waals surface area (Å²) in [5.74, 6) is -0.0434. The van der Waals surface area contributed by atoms with Crippen LogP contribution in [0.2, 0.25) is 0 Å². The minimum absolute atomic E-state index is 0.0434. The molecule has 1 aliphatic carbocycles.